The van der Waals surface area contributed by atoms with Crippen molar-refractivity contribution >= 4 is 34.0 Å². The van der Waals surface area contributed by atoms with E-state index in [-0.39, 0.29) is 12.4 Å². The fourth-order valence-corrected chi connectivity index (χ4v) is 5.02. The third kappa shape index (κ3) is 6.25. The summed E-state index contributed by atoms with van der Waals surface area (Å²) in [6.45, 7) is 4.88. The fourth-order valence-electron chi connectivity index (χ4n) is 4.79. The van der Waals surface area contributed by atoms with E-state index < -0.39 is 0 Å². The second-order valence-corrected chi connectivity index (χ2v) is 10.2. The average molecular weight is 558 g/mol. The standard InChI is InChI=1S/C31H29ClFN5O2/c32-28-17-25(4-7-30(28)40-20-23-2-1-3-24(33)16-23)36-31-27-18-26(5-6-29(27)34-21-35-31)38-11-9-22(19-38)8-10-37-12-14-39-15-13-37/h1-7,9,11,16-19,21H,8,10,12-15,20H2,(H,34,35,36). The van der Waals surface area contributed by atoms with E-state index in [1.54, 1.807) is 30.6 Å². The largest absolute Gasteiger partial charge is 0.487 e. The lowest BCUT2D eigenvalue weighted by molar-refractivity contribution is 0.0384. The zero-order chi connectivity index (χ0) is 27.3. The molecular formula is C31H29ClFN5O2. The number of halogens is 2. The van der Waals surface area contributed by atoms with Gasteiger partial charge in [-0.15, -0.1) is 0 Å². The monoisotopic (exact) mass is 557 g/mol. The van der Waals surface area contributed by atoms with E-state index in [1.807, 2.05) is 12.1 Å². The van der Waals surface area contributed by atoms with Gasteiger partial charge in [-0.1, -0.05) is 23.7 Å². The highest BCUT2D eigenvalue weighted by molar-refractivity contribution is 6.32. The smallest absolute Gasteiger partial charge is 0.141 e. The van der Waals surface area contributed by atoms with Gasteiger partial charge in [0.15, 0.2) is 0 Å². The summed E-state index contributed by atoms with van der Waals surface area (Å²) in [5, 5.41) is 4.71. The molecule has 2 aromatic heterocycles. The predicted octanol–water partition coefficient (Wildman–Crippen LogP) is 6.41. The van der Waals surface area contributed by atoms with Gasteiger partial charge in [0.25, 0.3) is 0 Å². The van der Waals surface area contributed by atoms with Crippen LogP contribution >= 0.6 is 11.6 Å². The minimum absolute atomic E-state index is 0.220. The van der Waals surface area contributed by atoms with E-state index in [9.17, 15) is 4.39 Å². The van der Waals surface area contributed by atoms with Crippen LogP contribution in [-0.4, -0.2) is 52.3 Å². The van der Waals surface area contributed by atoms with Gasteiger partial charge in [-0.25, -0.2) is 14.4 Å². The molecule has 6 rings (SSSR count). The highest BCUT2D eigenvalue weighted by Crippen LogP contribution is 2.31. The maximum absolute atomic E-state index is 13.5. The molecule has 1 N–H and O–H groups in total. The summed E-state index contributed by atoms with van der Waals surface area (Å²) < 4.78 is 26.8. The van der Waals surface area contributed by atoms with Crippen LogP contribution in [0.2, 0.25) is 5.02 Å². The third-order valence-electron chi connectivity index (χ3n) is 6.97. The van der Waals surface area contributed by atoms with E-state index in [1.165, 1.54) is 17.7 Å². The van der Waals surface area contributed by atoms with Gasteiger partial charge in [-0.3, -0.25) is 4.90 Å². The molecule has 3 heterocycles. The van der Waals surface area contributed by atoms with Gasteiger partial charge >= 0.3 is 0 Å². The van der Waals surface area contributed by atoms with Gasteiger partial charge in [0.1, 0.15) is 30.3 Å². The molecule has 1 aliphatic heterocycles. The van der Waals surface area contributed by atoms with Gasteiger partial charge in [0.05, 0.1) is 23.8 Å². The van der Waals surface area contributed by atoms with E-state index in [0.29, 0.717) is 16.6 Å². The first kappa shape index (κ1) is 26.3. The molecule has 204 valence electrons. The van der Waals surface area contributed by atoms with Crippen LogP contribution in [-0.2, 0) is 17.8 Å². The second kappa shape index (κ2) is 12.0. The lowest BCUT2D eigenvalue weighted by atomic mass is 10.2. The number of benzene rings is 3. The van der Waals surface area contributed by atoms with Crippen molar-refractivity contribution < 1.29 is 13.9 Å². The molecule has 1 fully saturated rings. The number of anilines is 2. The molecule has 0 aliphatic carbocycles. The first-order chi connectivity index (χ1) is 19.6. The molecule has 7 nitrogen and oxygen atoms in total. The van der Waals surface area contributed by atoms with Crippen LogP contribution in [0.25, 0.3) is 16.6 Å². The lowest BCUT2D eigenvalue weighted by Gasteiger charge is -2.26. The van der Waals surface area contributed by atoms with Crippen molar-refractivity contribution in [3.05, 3.63) is 107 Å². The quantitative estimate of drug-likeness (QED) is 0.226. The van der Waals surface area contributed by atoms with Crippen molar-refractivity contribution in [2.24, 2.45) is 0 Å². The Kier molecular flexibility index (Phi) is 7.90. The Morgan fingerprint density at radius 3 is 2.73 bits per heavy atom. The molecule has 1 aliphatic rings. The maximum Gasteiger partial charge on any atom is 0.141 e. The molecule has 0 spiro atoms. The van der Waals surface area contributed by atoms with Crippen molar-refractivity contribution in [3.63, 3.8) is 0 Å². The number of hydrogen-bond acceptors (Lipinski definition) is 6. The normalized spacial score (nSPS) is 13.9. The summed E-state index contributed by atoms with van der Waals surface area (Å²) in [7, 11) is 0. The Labute approximate surface area is 237 Å². The summed E-state index contributed by atoms with van der Waals surface area (Å²) in [5.41, 5.74) is 4.65. The van der Waals surface area contributed by atoms with Crippen molar-refractivity contribution in [2.45, 2.75) is 13.0 Å². The Morgan fingerprint density at radius 2 is 1.88 bits per heavy atom. The molecular weight excluding hydrogens is 529 g/mol. The molecule has 5 aromatic rings. The topological polar surface area (TPSA) is 64.4 Å². The Balaban J connectivity index is 1.16. The van der Waals surface area contributed by atoms with Crippen LogP contribution in [0.5, 0.6) is 5.75 Å². The third-order valence-corrected chi connectivity index (χ3v) is 7.26. The van der Waals surface area contributed by atoms with Gasteiger partial charge in [-0.05, 0) is 72.1 Å². The average Bonchev–Trinajstić information content (AvgIpc) is 3.45. The summed E-state index contributed by atoms with van der Waals surface area (Å²) in [6, 6.07) is 20.1. The van der Waals surface area contributed by atoms with Crippen LogP contribution in [0.15, 0.2) is 85.5 Å². The van der Waals surface area contributed by atoms with Gasteiger partial charge in [0, 0.05) is 48.8 Å². The Bertz CT molecular complexity index is 1620. The number of hydrogen-bond donors (Lipinski definition) is 1. The summed E-state index contributed by atoms with van der Waals surface area (Å²) in [5.74, 6) is 0.896. The zero-order valence-corrected chi connectivity index (χ0v) is 22.6. The van der Waals surface area contributed by atoms with E-state index >= 15 is 0 Å². The Hall–Kier alpha value is -3.98. The Morgan fingerprint density at radius 1 is 0.975 bits per heavy atom. The number of ether oxygens (including phenoxy) is 2. The first-order valence-corrected chi connectivity index (χ1v) is 13.6. The summed E-state index contributed by atoms with van der Waals surface area (Å²) in [6.07, 6.45) is 6.82. The minimum atomic E-state index is -0.298. The molecule has 1 saturated heterocycles. The van der Waals surface area contributed by atoms with Gasteiger partial charge < -0.3 is 19.4 Å². The highest BCUT2D eigenvalue weighted by atomic mass is 35.5. The van der Waals surface area contributed by atoms with Crippen molar-refractivity contribution in [3.8, 4) is 11.4 Å². The van der Waals surface area contributed by atoms with Gasteiger partial charge in [-0.2, -0.15) is 0 Å². The molecule has 0 saturated carbocycles. The summed E-state index contributed by atoms with van der Waals surface area (Å²) in [4.78, 5) is 11.4. The van der Waals surface area contributed by atoms with Gasteiger partial charge in [0.2, 0.25) is 0 Å². The number of morpholine rings is 1. The molecule has 9 heteroatoms. The molecule has 0 unspecified atom stereocenters. The number of fused-ring (bicyclic) bond motifs is 1. The molecule has 0 radical (unpaired) electrons. The molecule has 0 amide bonds. The summed E-state index contributed by atoms with van der Waals surface area (Å²) >= 11 is 6.51. The van der Waals surface area contributed by atoms with Crippen molar-refractivity contribution in [2.75, 3.05) is 38.2 Å². The zero-order valence-electron chi connectivity index (χ0n) is 21.9. The van der Waals surface area contributed by atoms with E-state index in [0.717, 1.165) is 67.1 Å². The number of nitrogens with one attached hydrogen (secondary N) is 1. The van der Waals surface area contributed by atoms with Crippen LogP contribution in [0.1, 0.15) is 11.1 Å². The molecule has 40 heavy (non-hydrogen) atoms. The van der Waals surface area contributed by atoms with Crippen LogP contribution in [0, 0.1) is 5.82 Å². The van der Waals surface area contributed by atoms with Crippen molar-refractivity contribution in [1.82, 2.24) is 19.4 Å². The van der Waals surface area contributed by atoms with Crippen LogP contribution in [0.4, 0.5) is 15.9 Å². The van der Waals surface area contributed by atoms with E-state index in [4.69, 9.17) is 21.1 Å². The maximum atomic E-state index is 13.5. The first-order valence-electron chi connectivity index (χ1n) is 13.3. The lowest BCUT2D eigenvalue weighted by Crippen LogP contribution is -2.37. The fraction of sp³-hybridized carbons (Fsp3) is 0.226. The SMILES string of the molecule is Fc1cccc(COc2ccc(Nc3ncnc4ccc(-n5ccc(CCN6CCOCC6)c5)cc34)cc2Cl)c1. The predicted molar refractivity (Wildman–Crippen MR) is 155 cm³/mol. The second-order valence-electron chi connectivity index (χ2n) is 9.74. The minimum Gasteiger partial charge on any atom is -0.487 e. The molecule has 0 atom stereocenters. The highest BCUT2D eigenvalue weighted by Gasteiger charge is 2.12. The van der Waals surface area contributed by atoms with Crippen LogP contribution in [0.3, 0.4) is 0 Å². The number of nitrogens with zero attached hydrogens (tertiary/aromatic N) is 4. The molecule has 0 bridgehead atoms. The van der Waals surface area contributed by atoms with E-state index in [2.05, 4.69) is 55.3 Å². The van der Waals surface area contributed by atoms with Crippen LogP contribution < -0.4 is 10.1 Å². The molecule has 3 aromatic carbocycles. The van der Waals surface area contributed by atoms with Crippen molar-refractivity contribution in [1.29, 1.82) is 0 Å². The number of rotatable bonds is 9. The number of aromatic nitrogens is 3.